The van der Waals surface area contributed by atoms with Gasteiger partial charge in [0.05, 0.1) is 16.9 Å². The lowest BCUT2D eigenvalue weighted by Gasteiger charge is -2.52. The van der Waals surface area contributed by atoms with Gasteiger partial charge in [0.15, 0.2) is 0 Å². The first-order valence-corrected chi connectivity index (χ1v) is 26.8. The number of nitrogens with zero attached hydrogens (tertiary/aromatic N) is 1. The first-order valence-electron chi connectivity index (χ1n) is 25.8. The number of thiophene rings is 1. The number of rotatable bonds is 1. The largest absolute Gasteiger partial charge is 0.297 e. The summed E-state index contributed by atoms with van der Waals surface area (Å²) in [7, 11) is 2.58. The second-order valence-electron chi connectivity index (χ2n) is 25.8. The highest BCUT2D eigenvalue weighted by Gasteiger charge is 2.75. The molecule has 34 rings (SSSR count). The maximum absolute atomic E-state index is 2.95. The third kappa shape index (κ3) is 1.33. The van der Waals surface area contributed by atoms with Gasteiger partial charge in [-0.2, -0.15) is 11.3 Å². The second-order valence-corrected chi connectivity index (χ2v) is 26.6. The van der Waals surface area contributed by atoms with Gasteiger partial charge in [0.2, 0.25) is 0 Å². The van der Waals surface area contributed by atoms with Crippen LogP contribution in [0.4, 0.5) is 0 Å². The number of likely N-dealkylation sites (tertiary alicyclic amines) is 1. The molecule has 1 aliphatic heterocycles. The SMILES string of the molecule is CN1CC23c4c5c6c7c8c9c(c%10c%11c2c2c4c4c%12c5c5c6c6c8c8c%13c9c9c%10c%10c%11c%11c2c2c4c4c%12c%12c5c5c6c8c6c8c%13c9c9c%10c%10c%11c2c2c4c4c%12c5c6c5c8c9c%10c2c45)C73C1c1ccsc1. The van der Waals surface area contributed by atoms with E-state index in [1.54, 1.807) is 319 Å². The minimum absolute atomic E-state index is 0.209. The Morgan fingerprint density at radius 1 is 0.304 bits per heavy atom. The highest BCUT2D eigenvalue weighted by atomic mass is 32.1. The van der Waals surface area contributed by atoms with Crippen LogP contribution in [0, 0.1) is 0 Å². The molecule has 1 aromatic heterocycles. The van der Waals surface area contributed by atoms with Gasteiger partial charge in [-0.1, -0.05) is 0 Å². The predicted molar refractivity (Wildman–Crippen MR) is 294 cm³/mol. The van der Waals surface area contributed by atoms with Gasteiger partial charge in [-0.15, -0.1) is 0 Å². The summed E-state index contributed by atoms with van der Waals surface area (Å²) in [6.45, 7) is 1.07. The van der Waals surface area contributed by atoms with E-state index in [9.17, 15) is 0 Å². The maximum Gasteiger partial charge on any atom is 0.0575 e. The van der Waals surface area contributed by atoms with Gasteiger partial charge in [0.1, 0.15) is 0 Å². The van der Waals surface area contributed by atoms with Crippen molar-refractivity contribution >= 4 is 302 Å². The Morgan fingerprint density at radius 2 is 0.507 bits per heavy atom. The molecule has 2 heterocycles. The molecule has 5 aliphatic rings. The molecular weight excluding hydrogens is 851 g/mol. The van der Waals surface area contributed by atoms with Crippen LogP contribution < -0.4 is 0 Å². The van der Waals surface area contributed by atoms with E-state index in [4.69, 9.17) is 0 Å². The van der Waals surface area contributed by atoms with Gasteiger partial charge in [-0.05, 0) is 343 Å². The summed E-state index contributed by atoms with van der Waals surface area (Å²) in [6.07, 6.45) is 0. The zero-order valence-corrected chi connectivity index (χ0v) is 36.2. The summed E-state index contributed by atoms with van der Waals surface area (Å²) < 4.78 is 0. The minimum atomic E-state index is -0.256. The van der Waals surface area contributed by atoms with E-state index in [-0.39, 0.29) is 16.9 Å². The van der Waals surface area contributed by atoms with Crippen molar-refractivity contribution in [2.45, 2.75) is 16.9 Å². The summed E-state index contributed by atoms with van der Waals surface area (Å²) in [6, 6.07) is 2.80. The Hall–Kier alpha value is -7.88. The summed E-state index contributed by atoms with van der Waals surface area (Å²) in [5.41, 5.74) is 8.26. The number of likely N-dealkylation sites (N-methyl/N-ethyl adjacent to an activating group) is 1. The molecule has 1 saturated heterocycles. The van der Waals surface area contributed by atoms with Crippen LogP contribution in [-0.2, 0) is 10.8 Å². The Balaban J connectivity index is 1.21. The van der Waals surface area contributed by atoms with E-state index < -0.39 is 0 Å². The topological polar surface area (TPSA) is 3.24 Å². The molecular formula is C67H9NS. The molecule has 1 fully saturated rings. The third-order valence-electron chi connectivity index (χ3n) is 25.8. The van der Waals surface area contributed by atoms with Crippen molar-refractivity contribution in [2.75, 3.05) is 13.6 Å². The van der Waals surface area contributed by atoms with Gasteiger partial charge < -0.3 is 0 Å². The van der Waals surface area contributed by atoms with Crippen LogP contribution in [0.3, 0.4) is 0 Å². The Labute approximate surface area is 380 Å². The minimum Gasteiger partial charge on any atom is -0.297 e. The number of hydrogen-bond donors (Lipinski definition) is 0. The van der Waals surface area contributed by atoms with Crippen molar-refractivity contribution < 1.29 is 0 Å². The van der Waals surface area contributed by atoms with Gasteiger partial charge in [0, 0.05) is 6.54 Å². The van der Waals surface area contributed by atoms with Crippen LogP contribution in [0.5, 0.6) is 0 Å². The highest BCUT2D eigenvalue weighted by molar-refractivity contribution is 7.08. The highest BCUT2D eigenvalue weighted by Crippen LogP contribution is 2.87. The van der Waals surface area contributed by atoms with Crippen LogP contribution in [0.25, 0.3) is 291 Å². The summed E-state index contributed by atoms with van der Waals surface area (Å²) in [5.74, 6) is 0. The van der Waals surface area contributed by atoms with Crippen LogP contribution in [0.15, 0.2) is 16.8 Å². The van der Waals surface area contributed by atoms with E-state index in [0.29, 0.717) is 0 Å². The standard InChI is InChI=1S/C67H9NS/c1-68-5-66-61-53-45-35-25-17-9-7-8-11-15-13(9)21-29-23(15)33-27-19(11)20-12(8)16-14-10(7)18(17)26-32-22(14)30-24(16)34-28(20)38-37(27)49-43(33)51-41(29)47(39(45)31(21)25)55(61)57(51)63-59(49)60-50(38)44(34)52-42(30)48-40(32)46(36(26)35)54(53)62(66)56(48)58(52)64(60)67(63,66)65(68)6-2-3-69-4-6/h2-4,65H,5H2,1H3. The lowest BCUT2D eigenvalue weighted by Crippen LogP contribution is -2.51. The molecule has 2 spiro atoms. The number of hydrogen-bond acceptors (Lipinski definition) is 2. The molecule has 0 bridgehead atoms. The van der Waals surface area contributed by atoms with E-state index >= 15 is 0 Å². The fourth-order valence-corrected chi connectivity index (χ4v) is 26.7. The van der Waals surface area contributed by atoms with Crippen molar-refractivity contribution in [3.8, 4) is 0 Å². The first-order chi connectivity index (χ1) is 34.3. The Kier molecular flexibility index (Phi) is 2.10. The van der Waals surface area contributed by atoms with Gasteiger partial charge in [-0.25, -0.2) is 0 Å². The van der Waals surface area contributed by atoms with Crippen molar-refractivity contribution in [1.29, 1.82) is 0 Å². The van der Waals surface area contributed by atoms with Crippen molar-refractivity contribution in [3.63, 3.8) is 0 Å². The fourth-order valence-electron chi connectivity index (χ4n) is 26.0. The molecule has 1 atom stereocenters. The zero-order valence-electron chi connectivity index (χ0n) is 35.4. The average Bonchev–Trinajstić information content (AvgIpc) is 4.24. The Bertz CT molecular complexity index is 7130. The summed E-state index contributed by atoms with van der Waals surface area (Å²) >= 11 is 1.93. The van der Waals surface area contributed by atoms with E-state index in [1.165, 1.54) is 0 Å². The molecule has 1 unspecified atom stereocenters. The van der Waals surface area contributed by atoms with Crippen molar-refractivity contribution in [1.82, 2.24) is 4.90 Å². The van der Waals surface area contributed by atoms with Crippen LogP contribution in [-0.4, -0.2) is 18.5 Å². The fraction of sp³-hybridized carbons (Fsp3) is 0.0746. The monoisotopic (exact) mass is 859 g/mol. The molecule has 0 amide bonds. The lowest BCUT2D eigenvalue weighted by atomic mass is 9.47. The molecule has 1 nitrogen and oxygen atoms in total. The lowest BCUT2D eigenvalue weighted by molar-refractivity contribution is 0.272. The van der Waals surface area contributed by atoms with Crippen LogP contribution in [0.2, 0.25) is 0 Å². The van der Waals surface area contributed by atoms with Crippen molar-refractivity contribution in [2.24, 2.45) is 0 Å². The van der Waals surface area contributed by atoms with Gasteiger partial charge in [-0.3, -0.25) is 4.90 Å². The van der Waals surface area contributed by atoms with Crippen LogP contribution in [0.1, 0.15) is 33.9 Å². The molecule has 288 valence electrons. The quantitative estimate of drug-likeness (QED) is 0.149. The van der Waals surface area contributed by atoms with E-state index in [0.717, 1.165) is 6.54 Å². The molecule has 2 heteroatoms. The van der Waals surface area contributed by atoms with Gasteiger partial charge >= 0.3 is 0 Å². The zero-order chi connectivity index (χ0) is 40.8. The van der Waals surface area contributed by atoms with Gasteiger partial charge in [0.25, 0.3) is 0 Å². The van der Waals surface area contributed by atoms with Crippen molar-refractivity contribution in [3.05, 3.63) is 44.6 Å². The summed E-state index contributed by atoms with van der Waals surface area (Å²) in [4.78, 5) is 2.95. The molecule has 0 radical (unpaired) electrons. The smallest absolute Gasteiger partial charge is 0.0575 e. The average molecular weight is 860 g/mol. The molecule has 0 saturated carbocycles. The number of benzene rings is 18. The molecule has 4 aliphatic carbocycles. The Morgan fingerprint density at radius 3 is 0.710 bits per heavy atom. The normalized spacial score (nSPS) is 24.2. The predicted octanol–water partition coefficient (Wildman–Crippen LogP) is 18.0. The second kappa shape index (κ2) is 5.69. The molecule has 28 aromatic carbocycles. The van der Waals surface area contributed by atoms with Crippen LogP contribution >= 0.6 is 11.3 Å². The molecule has 0 N–H and O–H groups in total. The van der Waals surface area contributed by atoms with E-state index in [2.05, 4.69) is 28.8 Å². The summed E-state index contributed by atoms with van der Waals surface area (Å²) in [5, 5.41) is 95.9. The maximum atomic E-state index is 2.95. The molecule has 29 aromatic rings. The first kappa shape index (κ1) is 25.5. The van der Waals surface area contributed by atoms with E-state index in [1.807, 2.05) is 11.3 Å². The third-order valence-corrected chi connectivity index (χ3v) is 26.5. The molecule has 69 heavy (non-hydrogen) atoms.